The first-order valence-corrected chi connectivity index (χ1v) is 18.1. The Morgan fingerprint density at radius 3 is 1.90 bits per heavy atom. The maximum absolute atomic E-state index is 5.21. The Bertz CT molecular complexity index is 2920. The van der Waals surface area contributed by atoms with E-state index in [0.717, 1.165) is 45.2 Å². The molecular weight excluding hydrogens is 639 g/mol. The van der Waals surface area contributed by atoms with Crippen LogP contribution < -0.4 is 0 Å². The Morgan fingerprint density at radius 2 is 1.08 bits per heavy atom. The molecule has 240 valence electrons. The van der Waals surface area contributed by atoms with Crippen molar-refractivity contribution in [3.05, 3.63) is 175 Å². The summed E-state index contributed by atoms with van der Waals surface area (Å²) in [5.74, 6) is 0.721. The fourth-order valence-electron chi connectivity index (χ4n) is 7.58. The fraction of sp³-hybridized carbons (Fsp3) is 0.0213. The molecule has 7 aromatic carbocycles. The molecule has 0 aliphatic rings. The molecule has 0 radical (unpaired) electrons. The summed E-state index contributed by atoms with van der Waals surface area (Å²) < 4.78 is 5.05. The predicted molar refractivity (Wildman–Crippen MR) is 216 cm³/mol. The summed E-state index contributed by atoms with van der Waals surface area (Å²) in [6.45, 7) is 2.14. The maximum Gasteiger partial charge on any atom is 0.160 e. The van der Waals surface area contributed by atoms with Crippen molar-refractivity contribution in [1.82, 2.24) is 14.5 Å². The molecule has 0 aliphatic carbocycles. The summed E-state index contributed by atoms with van der Waals surface area (Å²) in [6.07, 6.45) is 0. The van der Waals surface area contributed by atoms with Gasteiger partial charge in [0.1, 0.15) is 0 Å². The van der Waals surface area contributed by atoms with Crippen LogP contribution in [0, 0.1) is 6.92 Å². The monoisotopic (exact) mass is 669 g/mol. The Kier molecular flexibility index (Phi) is 6.90. The van der Waals surface area contributed by atoms with Crippen molar-refractivity contribution in [2.75, 3.05) is 0 Å². The molecule has 0 bridgehead atoms. The van der Waals surface area contributed by atoms with Gasteiger partial charge in [-0.15, -0.1) is 11.3 Å². The second kappa shape index (κ2) is 11.9. The number of para-hydroxylation sites is 1. The van der Waals surface area contributed by atoms with E-state index in [9.17, 15) is 0 Å². The van der Waals surface area contributed by atoms with Gasteiger partial charge in [-0.2, -0.15) is 0 Å². The highest BCUT2D eigenvalue weighted by atomic mass is 32.1. The van der Waals surface area contributed by atoms with E-state index in [1.807, 2.05) is 35.6 Å². The predicted octanol–water partition coefficient (Wildman–Crippen LogP) is 12.9. The van der Waals surface area contributed by atoms with Gasteiger partial charge in [0.25, 0.3) is 0 Å². The first-order valence-electron chi connectivity index (χ1n) is 17.3. The number of rotatable bonds is 5. The Labute approximate surface area is 299 Å². The smallest absolute Gasteiger partial charge is 0.160 e. The number of nitrogens with zero attached hydrogens (tertiary/aromatic N) is 3. The van der Waals surface area contributed by atoms with Gasteiger partial charge >= 0.3 is 0 Å². The number of aromatic nitrogens is 3. The molecule has 10 aromatic rings. The molecule has 0 saturated heterocycles. The van der Waals surface area contributed by atoms with Crippen LogP contribution in [0.5, 0.6) is 0 Å². The van der Waals surface area contributed by atoms with E-state index in [1.165, 1.54) is 53.1 Å². The number of thiophene rings is 1. The van der Waals surface area contributed by atoms with Crippen LogP contribution >= 0.6 is 11.3 Å². The minimum atomic E-state index is 0.721. The second-order valence-electron chi connectivity index (χ2n) is 13.0. The van der Waals surface area contributed by atoms with Crippen molar-refractivity contribution in [3.63, 3.8) is 0 Å². The van der Waals surface area contributed by atoms with Crippen LogP contribution in [0.3, 0.4) is 0 Å². The van der Waals surface area contributed by atoms with Crippen LogP contribution in [0.1, 0.15) is 5.56 Å². The van der Waals surface area contributed by atoms with Crippen molar-refractivity contribution in [1.29, 1.82) is 0 Å². The van der Waals surface area contributed by atoms with Crippen LogP contribution in [-0.4, -0.2) is 14.5 Å². The molecule has 0 spiro atoms. The van der Waals surface area contributed by atoms with E-state index >= 15 is 0 Å². The van der Waals surface area contributed by atoms with E-state index in [4.69, 9.17) is 9.97 Å². The van der Waals surface area contributed by atoms with E-state index in [-0.39, 0.29) is 0 Å². The van der Waals surface area contributed by atoms with Gasteiger partial charge in [-0.25, -0.2) is 9.97 Å². The minimum Gasteiger partial charge on any atom is -0.309 e. The normalized spacial score (nSPS) is 11.6. The van der Waals surface area contributed by atoms with Crippen LogP contribution in [-0.2, 0) is 0 Å². The average molecular weight is 670 g/mol. The quantitative estimate of drug-likeness (QED) is 0.183. The lowest BCUT2D eigenvalue weighted by Gasteiger charge is -2.15. The zero-order valence-corrected chi connectivity index (χ0v) is 28.7. The van der Waals surface area contributed by atoms with Gasteiger partial charge in [-0.1, -0.05) is 133 Å². The Hall–Kier alpha value is -6.36. The zero-order chi connectivity index (χ0) is 33.9. The lowest BCUT2D eigenvalue weighted by Crippen LogP contribution is -2.01. The second-order valence-corrected chi connectivity index (χ2v) is 14.1. The Morgan fingerprint density at radius 1 is 0.451 bits per heavy atom. The van der Waals surface area contributed by atoms with Crippen LogP contribution in [0.25, 0.3) is 92.7 Å². The first kappa shape index (κ1) is 29.5. The molecule has 10 rings (SSSR count). The standard InChI is InChI=1S/C47H31N3S/c1-30-44(31-14-4-2-5-15-31)48-47(32-16-6-3-7-17-32)49-45(30)34-18-12-19-35(28-34)50-41-24-10-8-20-37(41)40-29-33(26-27-42(40)50)36-22-13-23-39-38-21-9-11-25-43(38)51-46(36)39/h2-29H,1H3. The summed E-state index contributed by atoms with van der Waals surface area (Å²) >= 11 is 1.88. The van der Waals surface area contributed by atoms with E-state index in [0.29, 0.717) is 0 Å². The first-order chi connectivity index (χ1) is 25.2. The number of fused-ring (bicyclic) bond motifs is 6. The SMILES string of the molecule is Cc1c(-c2ccccc2)nc(-c2ccccc2)nc1-c1cccc(-n2c3ccccc3c3cc(-c4cccc5c4sc4ccccc45)ccc32)c1. The highest BCUT2D eigenvalue weighted by Gasteiger charge is 2.19. The van der Waals surface area contributed by atoms with Gasteiger partial charge < -0.3 is 4.57 Å². The van der Waals surface area contributed by atoms with Crippen molar-refractivity contribution in [2.24, 2.45) is 0 Å². The topological polar surface area (TPSA) is 30.7 Å². The molecule has 3 aromatic heterocycles. The van der Waals surface area contributed by atoms with Gasteiger partial charge in [0.15, 0.2) is 5.82 Å². The third kappa shape index (κ3) is 4.87. The summed E-state index contributed by atoms with van der Waals surface area (Å²) in [6, 6.07) is 60.6. The Balaban J connectivity index is 1.15. The molecule has 0 N–H and O–H groups in total. The third-order valence-corrected chi connectivity index (χ3v) is 11.2. The lowest BCUT2D eigenvalue weighted by atomic mass is 10.00. The molecule has 0 saturated carbocycles. The zero-order valence-electron chi connectivity index (χ0n) is 27.9. The van der Waals surface area contributed by atoms with E-state index < -0.39 is 0 Å². The molecule has 0 unspecified atom stereocenters. The van der Waals surface area contributed by atoms with E-state index in [1.54, 1.807) is 0 Å². The van der Waals surface area contributed by atoms with Crippen LogP contribution in [0.2, 0.25) is 0 Å². The fourth-order valence-corrected chi connectivity index (χ4v) is 8.81. The lowest BCUT2D eigenvalue weighted by molar-refractivity contribution is 1.14. The molecule has 4 heteroatoms. The van der Waals surface area contributed by atoms with Gasteiger partial charge in [0.05, 0.1) is 22.4 Å². The molecule has 0 atom stereocenters. The molecule has 0 amide bonds. The summed E-state index contributed by atoms with van der Waals surface area (Å²) in [5, 5.41) is 5.11. The maximum atomic E-state index is 5.21. The molecule has 0 fully saturated rings. The van der Waals surface area contributed by atoms with Crippen molar-refractivity contribution in [2.45, 2.75) is 6.92 Å². The molecular formula is C47H31N3S. The average Bonchev–Trinajstić information content (AvgIpc) is 3.74. The highest BCUT2D eigenvalue weighted by Crippen LogP contribution is 2.42. The summed E-state index contributed by atoms with van der Waals surface area (Å²) in [5.41, 5.74) is 12.0. The van der Waals surface area contributed by atoms with Gasteiger partial charge in [0.2, 0.25) is 0 Å². The number of benzene rings is 7. The number of hydrogen-bond donors (Lipinski definition) is 0. The molecule has 3 heterocycles. The highest BCUT2D eigenvalue weighted by molar-refractivity contribution is 7.26. The van der Waals surface area contributed by atoms with Gasteiger partial charge in [-0.05, 0) is 54.4 Å². The summed E-state index contributed by atoms with van der Waals surface area (Å²) in [4.78, 5) is 10.3. The third-order valence-electron chi connectivity index (χ3n) is 9.99. The molecule has 3 nitrogen and oxygen atoms in total. The van der Waals surface area contributed by atoms with Gasteiger partial charge in [-0.3, -0.25) is 0 Å². The molecule has 51 heavy (non-hydrogen) atoms. The minimum absolute atomic E-state index is 0.721. The molecule has 0 aliphatic heterocycles. The van der Waals surface area contributed by atoms with Crippen molar-refractivity contribution in [3.8, 4) is 50.7 Å². The van der Waals surface area contributed by atoms with Crippen molar-refractivity contribution < 1.29 is 0 Å². The van der Waals surface area contributed by atoms with Gasteiger partial charge in [0, 0.05) is 58.9 Å². The number of hydrogen-bond acceptors (Lipinski definition) is 3. The van der Waals surface area contributed by atoms with Crippen molar-refractivity contribution >= 4 is 53.3 Å². The van der Waals surface area contributed by atoms with Crippen LogP contribution in [0.4, 0.5) is 0 Å². The van der Waals surface area contributed by atoms with Crippen LogP contribution in [0.15, 0.2) is 170 Å². The van der Waals surface area contributed by atoms with E-state index in [2.05, 4.69) is 157 Å². The largest absolute Gasteiger partial charge is 0.309 e. The summed E-state index contributed by atoms with van der Waals surface area (Å²) in [7, 11) is 0.